The summed E-state index contributed by atoms with van der Waals surface area (Å²) in [5.74, 6) is 1.44. The highest BCUT2D eigenvalue weighted by Gasteiger charge is 2.08. The first-order valence-electron chi connectivity index (χ1n) is 7.24. The first kappa shape index (κ1) is 16.0. The summed E-state index contributed by atoms with van der Waals surface area (Å²) in [5, 5.41) is 12.4. The van der Waals surface area contributed by atoms with E-state index in [1.807, 2.05) is 12.1 Å². The second-order valence-corrected chi connectivity index (χ2v) is 5.20. The first-order valence-corrected chi connectivity index (χ1v) is 7.24. The molecule has 1 rings (SSSR count). The van der Waals surface area contributed by atoms with Crippen LogP contribution in [0, 0.1) is 0 Å². The molecule has 0 aliphatic rings. The zero-order chi connectivity index (χ0) is 14.1. The van der Waals surface area contributed by atoms with Gasteiger partial charge in [-0.15, -0.1) is 0 Å². The van der Waals surface area contributed by atoms with Gasteiger partial charge in [0.05, 0.1) is 0 Å². The molecule has 1 atom stereocenters. The number of ether oxygens (including phenoxy) is 1. The molecule has 0 radical (unpaired) electrons. The van der Waals surface area contributed by atoms with Crippen LogP contribution in [0.15, 0.2) is 24.3 Å². The van der Waals surface area contributed by atoms with Gasteiger partial charge >= 0.3 is 0 Å². The standard InChI is InChI=1S/C16H27NO2/c1-4-10-17-15(9-11-18)12-19-16-7-5-14(6-8-16)13(2)3/h5-8,13,15,17-18H,4,9-12H2,1-3H3. The van der Waals surface area contributed by atoms with Gasteiger partial charge in [0.2, 0.25) is 0 Å². The average molecular weight is 265 g/mol. The maximum atomic E-state index is 9.04. The van der Waals surface area contributed by atoms with Crippen molar-refractivity contribution in [2.45, 2.75) is 45.6 Å². The lowest BCUT2D eigenvalue weighted by Gasteiger charge is -2.18. The molecular weight excluding hydrogens is 238 g/mol. The van der Waals surface area contributed by atoms with Crippen LogP contribution >= 0.6 is 0 Å². The van der Waals surface area contributed by atoms with Gasteiger partial charge in [-0.25, -0.2) is 0 Å². The first-order chi connectivity index (χ1) is 9.17. The van der Waals surface area contributed by atoms with Crippen LogP contribution in [-0.2, 0) is 0 Å². The molecule has 0 spiro atoms. The molecule has 0 aromatic heterocycles. The van der Waals surface area contributed by atoms with Gasteiger partial charge in [0.15, 0.2) is 0 Å². The highest BCUT2D eigenvalue weighted by molar-refractivity contribution is 5.28. The fraction of sp³-hybridized carbons (Fsp3) is 0.625. The van der Waals surface area contributed by atoms with E-state index in [2.05, 4.69) is 38.2 Å². The predicted octanol–water partition coefficient (Wildman–Crippen LogP) is 2.94. The second kappa shape index (κ2) is 8.94. The van der Waals surface area contributed by atoms with Gasteiger partial charge in [0.1, 0.15) is 12.4 Å². The quantitative estimate of drug-likeness (QED) is 0.721. The second-order valence-electron chi connectivity index (χ2n) is 5.20. The number of hydrogen-bond acceptors (Lipinski definition) is 3. The minimum atomic E-state index is 0.191. The SMILES string of the molecule is CCCNC(CCO)COc1ccc(C(C)C)cc1. The van der Waals surface area contributed by atoms with E-state index in [1.165, 1.54) is 5.56 Å². The summed E-state index contributed by atoms with van der Waals surface area (Å²) < 4.78 is 5.78. The van der Waals surface area contributed by atoms with Crippen molar-refractivity contribution in [3.63, 3.8) is 0 Å². The lowest BCUT2D eigenvalue weighted by atomic mass is 10.0. The Bertz CT molecular complexity index is 335. The Morgan fingerprint density at radius 3 is 2.42 bits per heavy atom. The predicted molar refractivity (Wildman–Crippen MR) is 79.8 cm³/mol. The van der Waals surface area contributed by atoms with E-state index in [1.54, 1.807) is 0 Å². The summed E-state index contributed by atoms with van der Waals surface area (Å²) in [6.45, 7) is 8.25. The maximum absolute atomic E-state index is 9.04. The summed E-state index contributed by atoms with van der Waals surface area (Å²) in [4.78, 5) is 0. The highest BCUT2D eigenvalue weighted by atomic mass is 16.5. The van der Waals surface area contributed by atoms with Gasteiger partial charge in [-0.1, -0.05) is 32.9 Å². The molecule has 1 unspecified atom stereocenters. The molecule has 0 saturated carbocycles. The molecule has 0 fully saturated rings. The third-order valence-corrected chi connectivity index (χ3v) is 3.16. The number of nitrogens with one attached hydrogen (secondary N) is 1. The van der Waals surface area contributed by atoms with E-state index < -0.39 is 0 Å². The monoisotopic (exact) mass is 265 g/mol. The van der Waals surface area contributed by atoms with Crippen molar-refractivity contribution in [2.24, 2.45) is 0 Å². The molecule has 3 heteroatoms. The zero-order valence-electron chi connectivity index (χ0n) is 12.4. The van der Waals surface area contributed by atoms with Crippen molar-refractivity contribution in [1.82, 2.24) is 5.32 Å². The molecule has 1 aromatic rings. The minimum absolute atomic E-state index is 0.191. The molecule has 1 aromatic carbocycles. The molecular formula is C16H27NO2. The Hall–Kier alpha value is -1.06. The molecule has 108 valence electrons. The smallest absolute Gasteiger partial charge is 0.119 e. The van der Waals surface area contributed by atoms with Crippen molar-refractivity contribution in [2.75, 3.05) is 19.8 Å². The van der Waals surface area contributed by atoms with Crippen molar-refractivity contribution < 1.29 is 9.84 Å². The molecule has 0 aliphatic heterocycles. The van der Waals surface area contributed by atoms with Crippen molar-refractivity contribution >= 4 is 0 Å². The van der Waals surface area contributed by atoms with E-state index in [0.717, 1.165) is 25.1 Å². The molecule has 0 heterocycles. The van der Waals surface area contributed by atoms with E-state index >= 15 is 0 Å². The Morgan fingerprint density at radius 2 is 1.89 bits per heavy atom. The van der Waals surface area contributed by atoms with Crippen molar-refractivity contribution in [1.29, 1.82) is 0 Å². The number of aliphatic hydroxyl groups excluding tert-OH is 1. The van der Waals surface area contributed by atoms with Crippen LogP contribution in [0.3, 0.4) is 0 Å². The van der Waals surface area contributed by atoms with E-state index in [4.69, 9.17) is 9.84 Å². The third-order valence-electron chi connectivity index (χ3n) is 3.16. The summed E-state index contributed by atoms with van der Waals surface area (Å²) in [5.41, 5.74) is 1.32. The van der Waals surface area contributed by atoms with E-state index in [0.29, 0.717) is 12.5 Å². The number of aliphatic hydroxyl groups is 1. The van der Waals surface area contributed by atoms with E-state index in [9.17, 15) is 0 Å². The third kappa shape index (κ3) is 6.08. The summed E-state index contributed by atoms with van der Waals surface area (Å²) >= 11 is 0. The van der Waals surface area contributed by atoms with Gasteiger partial charge in [-0.05, 0) is 43.0 Å². The summed E-state index contributed by atoms with van der Waals surface area (Å²) in [6.07, 6.45) is 1.81. The van der Waals surface area contributed by atoms with Crippen LogP contribution in [0.2, 0.25) is 0 Å². The van der Waals surface area contributed by atoms with Crippen LogP contribution in [0.5, 0.6) is 5.75 Å². The largest absolute Gasteiger partial charge is 0.492 e. The Balaban J connectivity index is 2.44. The molecule has 19 heavy (non-hydrogen) atoms. The summed E-state index contributed by atoms with van der Waals surface area (Å²) in [7, 11) is 0. The number of benzene rings is 1. The maximum Gasteiger partial charge on any atom is 0.119 e. The van der Waals surface area contributed by atoms with Gasteiger partial charge in [0.25, 0.3) is 0 Å². The van der Waals surface area contributed by atoms with E-state index in [-0.39, 0.29) is 12.6 Å². The lowest BCUT2D eigenvalue weighted by Crippen LogP contribution is -2.36. The summed E-state index contributed by atoms with van der Waals surface area (Å²) in [6, 6.07) is 8.48. The molecule has 0 bridgehead atoms. The van der Waals surface area contributed by atoms with Gasteiger partial charge in [-0.3, -0.25) is 0 Å². The Labute approximate surface area is 117 Å². The fourth-order valence-electron chi connectivity index (χ4n) is 1.89. The van der Waals surface area contributed by atoms with Gasteiger partial charge < -0.3 is 15.2 Å². The average Bonchev–Trinajstić information content (AvgIpc) is 2.42. The van der Waals surface area contributed by atoms with Crippen LogP contribution in [-0.4, -0.2) is 30.9 Å². The van der Waals surface area contributed by atoms with Gasteiger partial charge in [0, 0.05) is 12.6 Å². The fourth-order valence-corrected chi connectivity index (χ4v) is 1.89. The normalized spacial score (nSPS) is 12.7. The van der Waals surface area contributed by atoms with Crippen LogP contribution < -0.4 is 10.1 Å². The molecule has 2 N–H and O–H groups in total. The van der Waals surface area contributed by atoms with Gasteiger partial charge in [-0.2, -0.15) is 0 Å². The zero-order valence-corrected chi connectivity index (χ0v) is 12.4. The minimum Gasteiger partial charge on any atom is -0.492 e. The molecule has 0 amide bonds. The number of rotatable bonds is 9. The lowest BCUT2D eigenvalue weighted by molar-refractivity contribution is 0.214. The highest BCUT2D eigenvalue weighted by Crippen LogP contribution is 2.18. The molecule has 3 nitrogen and oxygen atoms in total. The van der Waals surface area contributed by atoms with Crippen LogP contribution in [0.25, 0.3) is 0 Å². The molecule has 0 saturated heterocycles. The molecule has 0 aliphatic carbocycles. The Kier molecular flexibility index (Phi) is 7.53. The topological polar surface area (TPSA) is 41.5 Å². The number of hydrogen-bond donors (Lipinski definition) is 2. The van der Waals surface area contributed by atoms with Crippen LogP contribution in [0.1, 0.15) is 45.1 Å². The Morgan fingerprint density at radius 1 is 1.21 bits per heavy atom. The van der Waals surface area contributed by atoms with Crippen molar-refractivity contribution in [3.8, 4) is 5.75 Å². The van der Waals surface area contributed by atoms with Crippen LogP contribution in [0.4, 0.5) is 0 Å². The van der Waals surface area contributed by atoms with Crippen molar-refractivity contribution in [3.05, 3.63) is 29.8 Å².